The fourth-order valence-electron chi connectivity index (χ4n) is 2.86. The summed E-state index contributed by atoms with van der Waals surface area (Å²) < 4.78 is 0. The highest BCUT2D eigenvalue weighted by Crippen LogP contribution is 2.27. The molecule has 0 aromatic heterocycles. The number of amides is 3. The number of carbonyl (C=O) groups excluding carboxylic acids is 2. The van der Waals surface area contributed by atoms with Crippen molar-refractivity contribution in [2.24, 2.45) is 0 Å². The first-order valence-corrected chi connectivity index (χ1v) is 8.08. The summed E-state index contributed by atoms with van der Waals surface area (Å²) >= 11 is 0. The smallest absolute Gasteiger partial charge is 0.319 e. The molecule has 124 valence electrons. The predicted octanol–water partition coefficient (Wildman–Crippen LogP) is 3.09. The molecule has 0 saturated carbocycles. The molecule has 2 aromatic rings. The van der Waals surface area contributed by atoms with Crippen molar-refractivity contribution >= 4 is 23.3 Å². The Morgan fingerprint density at radius 2 is 1.79 bits per heavy atom. The first-order chi connectivity index (χ1) is 11.5. The Morgan fingerprint density at radius 1 is 1.08 bits per heavy atom. The molecule has 0 aliphatic carbocycles. The van der Waals surface area contributed by atoms with E-state index in [0.29, 0.717) is 12.2 Å². The van der Waals surface area contributed by atoms with Crippen LogP contribution < -0.4 is 15.5 Å². The molecule has 0 saturated heterocycles. The van der Waals surface area contributed by atoms with E-state index in [9.17, 15) is 9.59 Å². The molecular weight excluding hydrogens is 302 g/mol. The van der Waals surface area contributed by atoms with E-state index in [4.69, 9.17) is 0 Å². The number of hydrogen-bond acceptors (Lipinski definition) is 2. The van der Waals surface area contributed by atoms with Crippen LogP contribution in [0.15, 0.2) is 48.5 Å². The van der Waals surface area contributed by atoms with E-state index in [1.165, 1.54) is 5.56 Å². The molecule has 2 N–H and O–H groups in total. The summed E-state index contributed by atoms with van der Waals surface area (Å²) in [4.78, 5) is 26.4. The maximum Gasteiger partial charge on any atom is 0.319 e. The maximum absolute atomic E-state index is 12.6. The molecule has 0 spiro atoms. The molecule has 3 amide bonds. The number of urea groups is 1. The van der Waals surface area contributed by atoms with Crippen LogP contribution in [0.3, 0.4) is 0 Å². The molecule has 0 radical (unpaired) electrons. The van der Waals surface area contributed by atoms with E-state index in [2.05, 4.69) is 10.6 Å². The Labute approximate surface area is 141 Å². The van der Waals surface area contributed by atoms with E-state index in [-0.39, 0.29) is 11.9 Å². The van der Waals surface area contributed by atoms with Gasteiger partial charge < -0.3 is 15.5 Å². The number of nitrogens with one attached hydrogen (secondary N) is 2. The summed E-state index contributed by atoms with van der Waals surface area (Å²) in [6.07, 6.45) is 0.851. The van der Waals surface area contributed by atoms with Crippen LogP contribution in [0.5, 0.6) is 0 Å². The highest BCUT2D eigenvalue weighted by atomic mass is 16.2. The molecule has 3 rings (SSSR count). The Bertz CT molecular complexity index is 755. The number of anilines is 2. The van der Waals surface area contributed by atoms with Gasteiger partial charge in [-0.15, -0.1) is 0 Å². The van der Waals surface area contributed by atoms with Gasteiger partial charge in [-0.1, -0.05) is 35.9 Å². The van der Waals surface area contributed by atoms with E-state index in [1.54, 1.807) is 11.8 Å². The Morgan fingerprint density at radius 3 is 2.54 bits per heavy atom. The molecule has 24 heavy (non-hydrogen) atoms. The molecule has 1 atom stereocenters. The molecule has 1 aliphatic heterocycles. The van der Waals surface area contributed by atoms with Crippen molar-refractivity contribution in [3.63, 3.8) is 0 Å². The van der Waals surface area contributed by atoms with Crippen molar-refractivity contribution in [3.05, 3.63) is 59.7 Å². The zero-order valence-electron chi connectivity index (χ0n) is 13.9. The number of hydrogen-bond donors (Lipinski definition) is 2. The summed E-state index contributed by atoms with van der Waals surface area (Å²) in [5.74, 6) is -0.0981. The zero-order chi connectivity index (χ0) is 17.1. The third-order valence-electron chi connectivity index (χ3n) is 4.18. The van der Waals surface area contributed by atoms with Gasteiger partial charge in [-0.2, -0.15) is 0 Å². The van der Waals surface area contributed by atoms with Crippen molar-refractivity contribution in [3.8, 4) is 0 Å². The van der Waals surface area contributed by atoms with Crippen molar-refractivity contribution in [2.45, 2.75) is 26.3 Å². The average Bonchev–Trinajstić information content (AvgIpc) is 3.00. The minimum Gasteiger partial charge on any atom is -0.326 e. The fourth-order valence-corrected chi connectivity index (χ4v) is 2.86. The normalized spacial score (nSPS) is 14.0. The summed E-state index contributed by atoms with van der Waals surface area (Å²) in [7, 11) is 0. The third kappa shape index (κ3) is 3.40. The number of carbonyl (C=O) groups is 2. The van der Waals surface area contributed by atoms with Gasteiger partial charge in [-0.3, -0.25) is 4.79 Å². The van der Waals surface area contributed by atoms with E-state index in [1.807, 2.05) is 55.5 Å². The molecule has 1 heterocycles. The molecule has 0 fully saturated rings. The lowest BCUT2D eigenvalue weighted by molar-refractivity contribution is -0.119. The van der Waals surface area contributed by atoms with Gasteiger partial charge in [0.2, 0.25) is 5.91 Å². The van der Waals surface area contributed by atoms with E-state index < -0.39 is 6.04 Å². The average molecular weight is 323 g/mol. The number of aryl methyl sites for hydroxylation is 1. The topological polar surface area (TPSA) is 61.4 Å². The second-order valence-corrected chi connectivity index (χ2v) is 6.05. The van der Waals surface area contributed by atoms with Crippen LogP contribution in [0.1, 0.15) is 18.1 Å². The number of benzene rings is 2. The van der Waals surface area contributed by atoms with E-state index >= 15 is 0 Å². The van der Waals surface area contributed by atoms with Crippen LogP contribution in [0, 0.1) is 6.92 Å². The lowest BCUT2D eigenvalue weighted by atomic mass is 10.2. The quantitative estimate of drug-likeness (QED) is 0.912. The first-order valence-electron chi connectivity index (χ1n) is 8.08. The molecule has 1 aliphatic rings. The molecule has 5 heteroatoms. The Hall–Kier alpha value is -2.82. The molecule has 0 unspecified atom stereocenters. The van der Waals surface area contributed by atoms with Gasteiger partial charge in [-0.05, 0) is 44.0 Å². The van der Waals surface area contributed by atoms with Crippen LogP contribution in [-0.2, 0) is 11.2 Å². The minimum atomic E-state index is -0.596. The second-order valence-electron chi connectivity index (χ2n) is 6.05. The van der Waals surface area contributed by atoms with Crippen molar-refractivity contribution in [1.82, 2.24) is 5.32 Å². The second kappa shape index (κ2) is 6.74. The van der Waals surface area contributed by atoms with E-state index in [0.717, 1.165) is 17.7 Å². The number of rotatable bonds is 3. The van der Waals surface area contributed by atoms with Crippen LogP contribution >= 0.6 is 0 Å². The predicted molar refractivity (Wildman–Crippen MR) is 95.3 cm³/mol. The standard InChI is InChI=1S/C19H21N3O2/c1-13-7-9-16(10-8-13)21-19(24)20-14(2)18(23)22-12-11-15-5-3-4-6-17(15)22/h3-10,14H,11-12H2,1-2H3,(H2,20,21,24)/t14-/m0/s1. The van der Waals surface area contributed by atoms with Gasteiger partial charge in [0.25, 0.3) is 0 Å². The van der Waals surface area contributed by atoms with Gasteiger partial charge in [0.15, 0.2) is 0 Å². The van der Waals surface area contributed by atoms with Gasteiger partial charge in [0.05, 0.1) is 0 Å². The summed E-state index contributed by atoms with van der Waals surface area (Å²) in [5, 5.41) is 5.45. The number of para-hydroxylation sites is 1. The summed E-state index contributed by atoms with van der Waals surface area (Å²) in [6.45, 7) is 4.35. The zero-order valence-corrected chi connectivity index (χ0v) is 13.9. The monoisotopic (exact) mass is 323 g/mol. The fraction of sp³-hybridized carbons (Fsp3) is 0.263. The Balaban J connectivity index is 1.60. The van der Waals surface area contributed by atoms with Crippen molar-refractivity contribution < 1.29 is 9.59 Å². The van der Waals surface area contributed by atoms with Crippen LogP contribution in [0.4, 0.5) is 16.2 Å². The molecule has 5 nitrogen and oxygen atoms in total. The van der Waals surface area contributed by atoms with Crippen LogP contribution in [-0.4, -0.2) is 24.5 Å². The van der Waals surface area contributed by atoms with Gasteiger partial charge in [0, 0.05) is 17.9 Å². The number of nitrogens with zero attached hydrogens (tertiary/aromatic N) is 1. The third-order valence-corrected chi connectivity index (χ3v) is 4.18. The lowest BCUT2D eigenvalue weighted by Crippen LogP contribution is -2.47. The molecule has 0 bridgehead atoms. The summed E-state index contributed by atoms with van der Waals surface area (Å²) in [5.41, 5.74) is 3.93. The van der Waals surface area contributed by atoms with Crippen molar-refractivity contribution in [2.75, 3.05) is 16.8 Å². The van der Waals surface area contributed by atoms with Crippen molar-refractivity contribution in [1.29, 1.82) is 0 Å². The number of fused-ring (bicyclic) bond motifs is 1. The highest BCUT2D eigenvalue weighted by molar-refractivity contribution is 6.01. The lowest BCUT2D eigenvalue weighted by Gasteiger charge is -2.22. The Kier molecular flexibility index (Phi) is 4.51. The van der Waals surface area contributed by atoms with Gasteiger partial charge in [0.1, 0.15) is 6.04 Å². The van der Waals surface area contributed by atoms with Gasteiger partial charge in [-0.25, -0.2) is 4.79 Å². The van der Waals surface area contributed by atoms with Gasteiger partial charge >= 0.3 is 6.03 Å². The molecular formula is C19H21N3O2. The molecule has 2 aromatic carbocycles. The van der Waals surface area contributed by atoms with Crippen LogP contribution in [0.25, 0.3) is 0 Å². The first kappa shape index (κ1) is 16.1. The highest BCUT2D eigenvalue weighted by Gasteiger charge is 2.28. The largest absolute Gasteiger partial charge is 0.326 e. The van der Waals surface area contributed by atoms with Crippen LogP contribution in [0.2, 0.25) is 0 Å². The SMILES string of the molecule is Cc1ccc(NC(=O)N[C@@H](C)C(=O)N2CCc3ccccc32)cc1. The maximum atomic E-state index is 12.6. The summed E-state index contributed by atoms with van der Waals surface area (Å²) in [6, 6.07) is 14.4. The minimum absolute atomic E-state index is 0.0981.